The molecule has 0 saturated heterocycles. The highest BCUT2D eigenvalue weighted by Crippen LogP contribution is 2.45. The predicted octanol–water partition coefficient (Wildman–Crippen LogP) is 24.5. The van der Waals surface area contributed by atoms with Crippen molar-refractivity contribution in [2.75, 3.05) is 39.6 Å². The van der Waals surface area contributed by atoms with Crippen molar-refractivity contribution in [3.8, 4) is 0 Å². The molecule has 0 rings (SSSR count). The fourth-order valence-corrected chi connectivity index (χ4v) is 14.2. The molecule has 0 saturated carbocycles. The largest absolute Gasteiger partial charge is 0.472 e. The van der Waals surface area contributed by atoms with Crippen LogP contribution in [0.2, 0.25) is 0 Å². The lowest BCUT2D eigenvalue weighted by atomic mass is 10.0. The van der Waals surface area contributed by atoms with Gasteiger partial charge < -0.3 is 33.8 Å². The van der Waals surface area contributed by atoms with Gasteiger partial charge in [-0.25, -0.2) is 9.13 Å². The molecule has 0 aliphatic heterocycles. The fraction of sp³-hybridized carbons (Fsp3) is 0.951. The molecule has 0 aliphatic rings. The summed E-state index contributed by atoms with van der Waals surface area (Å²) in [7, 11) is -9.92. The normalized spacial score (nSPS) is 14.0. The molecule has 5 atom stereocenters. The Morgan fingerprint density at radius 1 is 0.267 bits per heavy atom. The second-order valence-electron chi connectivity index (χ2n) is 30.9. The van der Waals surface area contributed by atoms with Gasteiger partial charge in [-0.05, 0) is 43.4 Å². The van der Waals surface area contributed by atoms with Gasteiger partial charge in [0.2, 0.25) is 0 Å². The van der Waals surface area contributed by atoms with Crippen LogP contribution in [-0.4, -0.2) is 96.7 Å². The number of aliphatic hydroxyl groups excluding tert-OH is 1. The average Bonchev–Trinajstić information content (AvgIpc) is 0.924. The molecule has 0 heterocycles. The SMILES string of the molecule is CCCCCCCCCCCCCCCCCCCCCCC(=O)O[C@H](COC(=O)CCCCCCCCCCCCCCCC(C)C)COP(=O)(O)OC[C@@H](O)COP(=O)(O)OC[C@@H](COC(=O)CCCCCCCCCCCC(C)C)OC(=O)CCCCCCCCCCCCC(C)C. The van der Waals surface area contributed by atoms with Gasteiger partial charge in [-0.1, -0.05) is 376 Å². The second-order valence-corrected chi connectivity index (χ2v) is 33.8. The van der Waals surface area contributed by atoms with Crippen LogP contribution in [0.4, 0.5) is 0 Å². The Bertz CT molecular complexity index is 1960. The highest BCUT2D eigenvalue weighted by Gasteiger charge is 2.30. The standard InChI is InChI=1S/C82H160O17P2/c1-8-9-10-11-12-13-14-15-16-17-18-19-20-21-24-28-36-44-51-58-65-81(86)98-77(69-92-79(84)63-56-49-42-35-27-25-22-23-26-32-39-46-53-60-73(2)3)71-96-100(88,89)94-67-76(83)68-95-101(90,91)97-72-78(70-93-80(85)64-57-50-43-38-31-34-41-48-55-62-75(6)7)99-82(87)66-59-52-45-37-30-29-33-40-47-54-61-74(4)5/h73-78,83H,8-72H2,1-7H3,(H,88,89)(H,90,91)/t76-,77-,78-/m1/s1. The van der Waals surface area contributed by atoms with Crippen molar-refractivity contribution >= 4 is 39.5 Å². The molecule has 0 aromatic heterocycles. The summed E-state index contributed by atoms with van der Waals surface area (Å²) in [5, 5.41) is 10.7. The van der Waals surface area contributed by atoms with Gasteiger partial charge >= 0.3 is 39.5 Å². The van der Waals surface area contributed by atoms with Crippen LogP contribution < -0.4 is 0 Å². The summed E-state index contributed by atoms with van der Waals surface area (Å²) in [6, 6.07) is 0. The summed E-state index contributed by atoms with van der Waals surface area (Å²) in [6.07, 6.45) is 61.1. The molecule has 0 aromatic rings. The highest BCUT2D eigenvalue weighted by molar-refractivity contribution is 7.47. The number of hydrogen-bond acceptors (Lipinski definition) is 15. The van der Waals surface area contributed by atoms with E-state index in [2.05, 4.69) is 48.5 Å². The molecule has 17 nitrogen and oxygen atoms in total. The minimum absolute atomic E-state index is 0.106. The molecule has 19 heteroatoms. The van der Waals surface area contributed by atoms with E-state index in [0.717, 1.165) is 108 Å². The number of phosphoric ester groups is 2. The summed E-state index contributed by atoms with van der Waals surface area (Å²) in [5.41, 5.74) is 0. The van der Waals surface area contributed by atoms with Gasteiger partial charge in [-0.3, -0.25) is 37.3 Å². The molecule has 0 amide bonds. The Kier molecular flexibility index (Phi) is 70.9. The van der Waals surface area contributed by atoms with Gasteiger partial charge in [0.1, 0.15) is 19.3 Å². The lowest BCUT2D eigenvalue weighted by molar-refractivity contribution is -0.161. The number of hydrogen-bond donors (Lipinski definition) is 3. The number of carbonyl (C=O) groups is 4. The van der Waals surface area contributed by atoms with E-state index in [1.54, 1.807) is 0 Å². The van der Waals surface area contributed by atoms with E-state index in [-0.39, 0.29) is 25.7 Å². The van der Waals surface area contributed by atoms with Crippen molar-refractivity contribution in [2.45, 2.75) is 446 Å². The van der Waals surface area contributed by atoms with E-state index < -0.39 is 97.5 Å². The quantitative estimate of drug-likeness (QED) is 0.0222. The van der Waals surface area contributed by atoms with Crippen LogP contribution in [0.5, 0.6) is 0 Å². The number of ether oxygens (including phenoxy) is 4. The van der Waals surface area contributed by atoms with E-state index >= 15 is 0 Å². The summed E-state index contributed by atoms with van der Waals surface area (Å²) in [5.74, 6) is 0.177. The van der Waals surface area contributed by atoms with E-state index in [0.29, 0.717) is 25.7 Å². The van der Waals surface area contributed by atoms with Gasteiger partial charge in [0, 0.05) is 25.7 Å². The third kappa shape index (κ3) is 76.1. The lowest BCUT2D eigenvalue weighted by Crippen LogP contribution is -2.30. The summed E-state index contributed by atoms with van der Waals surface area (Å²) in [6.45, 7) is 11.9. The molecule has 2 unspecified atom stereocenters. The molecule has 600 valence electrons. The van der Waals surface area contributed by atoms with Crippen molar-refractivity contribution in [2.24, 2.45) is 17.8 Å². The van der Waals surface area contributed by atoms with Crippen LogP contribution in [0.1, 0.15) is 427 Å². The number of aliphatic hydroxyl groups is 1. The maximum atomic E-state index is 13.1. The summed E-state index contributed by atoms with van der Waals surface area (Å²) < 4.78 is 68.8. The maximum Gasteiger partial charge on any atom is 0.472 e. The summed E-state index contributed by atoms with van der Waals surface area (Å²) >= 11 is 0. The first kappa shape index (κ1) is 99.1. The topological polar surface area (TPSA) is 237 Å². The predicted molar refractivity (Wildman–Crippen MR) is 414 cm³/mol. The Balaban J connectivity index is 5.25. The molecule has 0 aliphatic carbocycles. The Hall–Kier alpha value is -1.94. The van der Waals surface area contributed by atoms with Gasteiger partial charge in [0.25, 0.3) is 0 Å². The van der Waals surface area contributed by atoms with Crippen molar-refractivity contribution < 1.29 is 80.2 Å². The third-order valence-corrected chi connectivity index (χ3v) is 21.0. The van der Waals surface area contributed by atoms with Gasteiger partial charge in [-0.15, -0.1) is 0 Å². The fourth-order valence-electron chi connectivity index (χ4n) is 12.7. The zero-order valence-electron chi connectivity index (χ0n) is 66.4. The van der Waals surface area contributed by atoms with E-state index in [9.17, 15) is 43.2 Å². The first-order valence-corrected chi connectivity index (χ1v) is 45.3. The summed E-state index contributed by atoms with van der Waals surface area (Å²) in [4.78, 5) is 73.1. The molecule has 0 aromatic carbocycles. The zero-order chi connectivity index (χ0) is 74.4. The van der Waals surface area contributed by atoms with Crippen LogP contribution in [0, 0.1) is 17.8 Å². The first-order valence-electron chi connectivity index (χ1n) is 42.3. The van der Waals surface area contributed by atoms with Crippen molar-refractivity contribution in [1.82, 2.24) is 0 Å². The Morgan fingerprint density at radius 3 is 0.673 bits per heavy atom. The van der Waals surface area contributed by atoms with Crippen LogP contribution in [-0.2, 0) is 65.4 Å². The first-order chi connectivity index (χ1) is 48.7. The monoisotopic (exact) mass is 1480 g/mol. The zero-order valence-corrected chi connectivity index (χ0v) is 68.2. The molecule has 101 heavy (non-hydrogen) atoms. The van der Waals surface area contributed by atoms with Crippen LogP contribution in [0.3, 0.4) is 0 Å². The Labute approximate surface area is 619 Å². The molecule has 3 N–H and O–H groups in total. The number of phosphoric acid groups is 2. The number of rotatable bonds is 80. The van der Waals surface area contributed by atoms with Gasteiger partial charge in [0.15, 0.2) is 12.2 Å². The van der Waals surface area contributed by atoms with Crippen LogP contribution in [0.15, 0.2) is 0 Å². The van der Waals surface area contributed by atoms with Gasteiger partial charge in [-0.2, -0.15) is 0 Å². The van der Waals surface area contributed by atoms with Crippen LogP contribution in [0.25, 0.3) is 0 Å². The van der Waals surface area contributed by atoms with Crippen molar-refractivity contribution in [1.29, 1.82) is 0 Å². The average molecular weight is 1480 g/mol. The minimum Gasteiger partial charge on any atom is -0.462 e. The van der Waals surface area contributed by atoms with E-state index in [1.807, 2.05) is 0 Å². The number of unbranched alkanes of at least 4 members (excludes halogenated alkanes) is 48. The van der Waals surface area contributed by atoms with E-state index in [4.69, 9.17) is 37.0 Å². The molecule has 0 bridgehead atoms. The van der Waals surface area contributed by atoms with Crippen molar-refractivity contribution in [3.63, 3.8) is 0 Å². The molecule has 0 radical (unpaired) electrons. The molecule has 0 spiro atoms. The third-order valence-electron chi connectivity index (χ3n) is 19.1. The smallest absolute Gasteiger partial charge is 0.462 e. The molecular weight excluding hydrogens is 1320 g/mol. The molecular formula is C82H160O17P2. The Morgan fingerprint density at radius 2 is 0.455 bits per heavy atom. The van der Waals surface area contributed by atoms with Crippen LogP contribution >= 0.6 is 15.6 Å². The van der Waals surface area contributed by atoms with E-state index in [1.165, 1.54) is 238 Å². The van der Waals surface area contributed by atoms with Crippen molar-refractivity contribution in [3.05, 3.63) is 0 Å². The number of carbonyl (C=O) groups excluding carboxylic acids is 4. The maximum absolute atomic E-state index is 13.1. The highest BCUT2D eigenvalue weighted by atomic mass is 31.2. The van der Waals surface area contributed by atoms with Gasteiger partial charge in [0.05, 0.1) is 26.4 Å². The number of esters is 4. The molecule has 0 fully saturated rings. The lowest BCUT2D eigenvalue weighted by Gasteiger charge is -2.21. The second kappa shape index (κ2) is 72.3. The minimum atomic E-state index is -4.96.